The molecular weight excluding hydrogens is 523 g/mol. The molecule has 0 aliphatic heterocycles. The average Bonchev–Trinajstić information content (AvgIpc) is 3.21. The van der Waals surface area contributed by atoms with Gasteiger partial charge in [0.15, 0.2) is 22.9 Å². The summed E-state index contributed by atoms with van der Waals surface area (Å²) in [5.41, 5.74) is 3.47. The molecule has 0 radical (unpaired) electrons. The van der Waals surface area contributed by atoms with Crippen LogP contribution >= 0.6 is 11.3 Å². The van der Waals surface area contributed by atoms with Crippen molar-refractivity contribution in [1.29, 1.82) is 0 Å². The molecule has 0 saturated carbocycles. The van der Waals surface area contributed by atoms with Crippen molar-refractivity contribution in [2.24, 2.45) is 0 Å². The van der Waals surface area contributed by atoms with Crippen molar-refractivity contribution < 1.29 is 14.0 Å². The molecule has 0 atom stereocenters. The maximum Gasteiger partial charge on any atom is 0.192 e. The Kier molecular flexibility index (Phi) is 11.4. The van der Waals surface area contributed by atoms with Crippen LogP contribution in [-0.4, -0.2) is 47.4 Å². The SMILES string of the molecule is CCN(CCO[Si](C)(C)C(C)(C)C)c1ccc(/C=C/c2cc(CCCC(C)(C)[Si](C)(C)O)c(C=O)s2)cc1. The van der Waals surface area contributed by atoms with E-state index in [2.05, 4.69) is 102 Å². The molecule has 0 amide bonds. The highest BCUT2D eigenvalue weighted by Crippen LogP contribution is 2.40. The van der Waals surface area contributed by atoms with Gasteiger partial charge in [-0.25, -0.2) is 0 Å². The normalized spacial score (nSPS) is 13.3. The monoisotopic (exact) mass is 573 g/mol. The summed E-state index contributed by atoms with van der Waals surface area (Å²) in [6.07, 6.45) is 8.01. The van der Waals surface area contributed by atoms with Crippen LogP contribution in [0.4, 0.5) is 5.69 Å². The van der Waals surface area contributed by atoms with Gasteiger partial charge in [0.05, 0.1) is 11.5 Å². The molecule has 0 saturated heterocycles. The number of hydrogen-bond acceptors (Lipinski definition) is 5. The number of aldehydes is 1. The lowest BCUT2D eigenvalue weighted by molar-refractivity contribution is 0.112. The first-order valence-corrected chi connectivity index (χ1v) is 20.7. The van der Waals surface area contributed by atoms with E-state index in [1.807, 2.05) is 13.1 Å². The lowest BCUT2D eigenvalue weighted by Crippen LogP contribution is -2.42. The van der Waals surface area contributed by atoms with Gasteiger partial charge in [-0.3, -0.25) is 4.79 Å². The van der Waals surface area contributed by atoms with Gasteiger partial charge in [0.2, 0.25) is 0 Å². The third-order valence-electron chi connectivity index (χ3n) is 8.58. The van der Waals surface area contributed by atoms with Crippen molar-refractivity contribution in [3.8, 4) is 0 Å². The third-order valence-corrected chi connectivity index (χ3v) is 17.8. The first-order chi connectivity index (χ1) is 17.5. The molecule has 4 nitrogen and oxygen atoms in total. The van der Waals surface area contributed by atoms with Crippen LogP contribution < -0.4 is 4.90 Å². The number of aryl methyl sites for hydroxylation is 1. The zero-order chi connectivity index (χ0) is 28.8. The average molecular weight is 574 g/mol. The van der Waals surface area contributed by atoms with Crippen LogP contribution in [0.15, 0.2) is 30.3 Å². The Morgan fingerprint density at radius 3 is 2.18 bits per heavy atom. The van der Waals surface area contributed by atoms with Crippen molar-refractivity contribution in [2.45, 2.75) is 97.1 Å². The maximum absolute atomic E-state index is 11.7. The fourth-order valence-electron chi connectivity index (χ4n) is 3.94. The van der Waals surface area contributed by atoms with E-state index in [0.29, 0.717) is 0 Å². The summed E-state index contributed by atoms with van der Waals surface area (Å²) in [7, 11) is -3.94. The summed E-state index contributed by atoms with van der Waals surface area (Å²) in [4.78, 5) is 26.5. The van der Waals surface area contributed by atoms with E-state index in [0.717, 1.165) is 66.1 Å². The van der Waals surface area contributed by atoms with Crippen LogP contribution in [0, 0.1) is 0 Å². The minimum Gasteiger partial charge on any atom is -0.432 e. The van der Waals surface area contributed by atoms with E-state index >= 15 is 0 Å². The number of rotatable bonds is 14. The molecule has 1 aromatic heterocycles. The summed E-state index contributed by atoms with van der Waals surface area (Å²) < 4.78 is 6.39. The second-order valence-corrected chi connectivity index (χ2v) is 23.5. The van der Waals surface area contributed by atoms with Gasteiger partial charge in [-0.1, -0.05) is 52.8 Å². The van der Waals surface area contributed by atoms with E-state index in [4.69, 9.17) is 4.43 Å². The van der Waals surface area contributed by atoms with E-state index < -0.39 is 16.6 Å². The standard InChI is InChI=1S/C31H51NO3SSi2/c1-11-32(21-22-35-38(9,10)30(2,3)4)27-17-14-25(15-18-27)16-19-28-23-26(29(24-33)36-28)13-12-20-31(5,6)37(7,8)34/h14-19,23-24,34H,11-13,20-22H2,1-10H3/b19-16+. The Morgan fingerprint density at radius 1 is 1.03 bits per heavy atom. The lowest BCUT2D eigenvalue weighted by Gasteiger charge is -2.37. The molecule has 0 spiro atoms. The summed E-state index contributed by atoms with van der Waals surface area (Å²) in [5.74, 6) is 0. The Hall–Kier alpha value is -1.52. The zero-order valence-electron chi connectivity index (χ0n) is 25.5. The summed E-state index contributed by atoms with van der Waals surface area (Å²) in [5, 5.41) is 0.188. The predicted molar refractivity (Wildman–Crippen MR) is 173 cm³/mol. The molecule has 1 aromatic carbocycles. The number of carbonyl (C=O) groups is 1. The molecule has 1 heterocycles. The van der Waals surface area contributed by atoms with Gasteiger partial charge in [-0.15, -0.1) is 11.3 Å². The molecule has 2 aromatic rings. The molecule has 0 bridgehead atoms. The van der Waals surface area contributed by atoms with Gasteiger partial charge >= 0.3 is 0 Å². The molecule has 0 unspecified atom stereocenters. The highest BCUT2D eigenvalue weighted by molar-refractivity contribution is 7.14. The number of likely N-dealkylation sites (N-methyl/N-ethyl adjacent to an activating group) is 1. The minimum absolute atomic E-state index is 0.0373. The van der Waals surface area contributed by atoms with Gasteiger partial charge in [-0.05, 0) is 97.9 Å². The molecule has 212 valence electrons. The number of anilines is 1. The smallest absolute Gasteiger partial charge is 0.192 e. The topological polar surface area (TPSA) is 49.8 Å². The van der Waals surface area contributed by atoms with Crippen LogP contribution in [0.2, 0.25) is 36.3 Å². The second kappa shape index (κ2) is 13.2. The fourth-order valence-corrected chi connectivity index (χ4v) is 6.70. The summed E-state index contributed by atoms with van der Waals surface area (Å²) in [6.45, 7) is 24.6. The second-order valence-electron chi connectivity index (χ2n) is 13.1. The van der Waals surface area contributed by atoms with Gasteiger partial charge in [0, 0.05) is 23.7 Å². The number of carbonyl (C=O) groups excluding carboxylic acids is 1. The van der Waals surface area contributed by atoms with E-state index in [9.17, 15) is 9.59 Å². The first-order valence-electron chi connectivity index (χ1n) is 14.0. The third kappa shape index (κ3) is 9.02. The molecule has 1 N–H and O–H groups in total. The molecule has 38 heavy (non-hydrogen) atoms. The van der Waals surface area contributed by atoms with Crippen molar-refractivity contribution in [3.63, 3.8) is 0 Å². The van der Waals surface area contributed by atoms with E-state index in [-0.39, 0.29) is 10.1 Å². The highest BCUT2D eigenvalue weighted by Gasteiger charge is 2.38. The quantitative estimate of drug-likeness (QED) is 0.181. The van der Waals surface area contributed by atoms with Crippen molar-refractivity contribution in [2.75, 3.05) is 24.6 Å². The van der Waals surface area contributed by atoms with Crippen LogP contribution in [0.5, 0.6) is 0 Å². The highest BCUT2D eigenvalue weighted by atomic mass is 32.1. The Morgan fingerprint density at radius 2 is 1.66 bits per heavy atom. The molecule has 0 aliphatic carbocycles. The van der Waals surface area contributed by atoms with Gasteiger partial charge in [-0.2, -0.15) is 0 Å². The number of nitrogens with zero attached hydrogens (tertiary/aromatic N) is 1. The molecule has 0 fully saturated rings. The van der Waals surface area contributed by atoms with E-state index in [1.54, 1.807) is 11.3 Å². The molecule has 2 rings (SSSR count). The Labute approximate surface area is 238 Å². The summed E-state index contributed by atoms with van der Waals surface area (Å²) in [6, 6.07) is 10.8. The number of benzene rings is 1. The van der Waals surface area contributed by atoms with Crippen LogP contribution in [-0.2, 0) is 10.8 Å². The zero-order valence-corrected chi connectivity index (χ0v) is 28.3. The van der Waals surface area contributed by atoms with Gasteiger partial charge in [0.25, 0.3) is 0 Å². The van der Waals surface area contributed by atoms with Crippen LogP contribution in [0.3, 0.4) is 0 Å². The van der Waals surface area contributed by atoms with Gasteiger partial charge < -0.3 is 14.1 Å². The van der Waals surface area contributed by atoms with Crippen LogP contribution in [0.1, 0.15) is 80.1 Å². The largest absolute Gasteiger partial charge is 0.432 e. The first kappa shape index (κ1) is 32.7. The molecule has 7 heteroatoms. The number of hydrogen-bond donors (Lipinski definition) is 1. The van der Waals surface area contributed by atoms with Gasteiger partial charge in [0.1, 0.15) is 0 Å². The van der Waals surface area contributed by atoms with Crippen molar-refractivity contribution >= 4 is 52.1 Å². The van der Waals surface area contributed by atoms with Crippen molar-refractivity contribution in [1.82, 2.24) is 0 Å². The van der Waals surface area contributed by atoms with Crippen molar-refractivity contribution in [3.05, 3.63) is 51.2 Å². The number of thiophene rings is 1. The van der Waals surface area contributed by atoms with E-state index in [1.165, 1.54) is 5.69 Å². The fraction of sp³-hybridized carbons (Fsp3) is 0.581. The predicted octanol–water partition coefficient (Wildman–Crippen LogP) is 8.88. The Bertz CT molecular complexity index is 1060. The maximum atomic E-state index is 11.7. The molecular formula is C31H51NO3SSi2. The molecule has 0 aliphatic rings. The Balaban J connectivity index is 1.99. The minimum atomic E-state index is -2.21. The lowest BCUT2D eigenvalue weighted by atomic mass is 10.0. The van der Waals surface area contributed by atoms with Crippen LogP contribution in [0.25, 0.3) is 12.2 Å². The summed E-state index contributed by atoms with van der Waals surface area (Å²) >= 11 is 1.55.